The van der Waals surface area contributed by atoms with Crippen molar-refractivity contribution in [1.29, 1.82) is 0 Å². The Balaban J connectivity index is 0.000000471. The molecule has 0 radical (unpaired) electrons. The Morgan fingerprint density at radius 1 is 1.12 bits per heavy atom. The lowest BCUT2D eigenvalue weighted by Crippen LogP contribution is -2.08. The van der Waals surface area contributed by atoms with E-state index >= 15 is 0 Å². The first kappa shape index (κ1) is 22.9. The van der Waals surface area contributed by atoms with Crippen molar-refractivity contribution in [3.8, 4) is 22.6 Å². The molecule has 1 aliphatic carbocycles. The molecule has 5 rings (SSSR count). The normalized spacial score (nSPS) is 13.8. The van der Waals surface area contributed by atoms with Crippen molar-refractivity contribution >= 4 is 27.2 Å². The number of hydrogen-bond acceptors (Lipinski definition) is 6. The van der Waals surface area contributed by atoms with E-state index in [-0.39, 0.29) is 0 Å². The molecular weight excluding hydrogens is 440 g/mol. The summed E-state index contributed by atoms with van der Waals surface area (Å²) in [6, 6.07) is 14.3. The number of benzene rings is 1. The molecule has 9 nitrogen and oxygen atoms in total. The number of nitrogen functional groups attached to an aromatic ring is 1. The zero-order valence-electron chi connectivity index (χ0n) is 18.9. The number of nitrogens with one attached hydrogen (secondary N) is 1. The molecule has 3 heterocycles. The summed E-state index contributed by atoms with van der Waals surface area (Å²) in [5.41, 5.74) is 11.7. The van der Waals surface area contributed by atoms with Crippen molar-refractivity contribution in [2.24, 2.45) is 5.92 Å². The van der Waals surface area contributed by atoms with E-state index in [1.807, 2.05) is 34.9 Å². The van der Waals surface area contributed by atoms with Crippen LogP contribution in [0.4, 0.5) is 5.95 Å². The average molecular weight is 469 g/mol. The van der Waals surface area contributed by atoms with Crippen LogP contribution in [0, 0.1) is 5.92 Å². The number of rotatable bonds is 5. The van der Waals surface area contributed by atoms with Crippen LogP contribution in [0.15, 0.2) is 42.5 Å². The molecule has 0 saturated heterocycles. The molecular formula is C23H28N6O3S. The average Bonchev–Trinajstić information content (AvgIpc) is 3.42. The third-order valence-corrected chi connectivity index (χ3v) is 5.16. The third-order valence-electron chi connectivity index (χ3n) is 5.16. The van der Waals surface area contributed by atoms with Gasteiger partial charge in [-0.25, -0.2) is 15.0 Å². The predicted molar refractivity (Wildman–Crippen MR) is 129 cm³/mol. The van der Waals surface area contributed by atoms with Crippen LogP contribution in [0.1, 0.15) is 38.4 Å². The molecule has 174 valence electrons. The minimum absolute atomic E-state index is 0.457. The van der Waals surface area contributed by atoms with Crippen molar-refractivity contribution in [3.05, 3.63) is 48.3 Å². The molecule has 0 spiro atoms. The summed E-state index contributed by atoms with van der Waals surface area (Å²) >= 11 is 0. The number of nitrogens with two attached hydrogens (primary N) is 1. The van der Waals surface area contributed by atoms with E-state index in [1.165, 1.54) is 12.8 Å². The molecule has 1 aliphatic rings. The van der Waals surface area contributed by atoms with Gasteiger partial charge in [0.05, 0.1) is 23.3 Å². The standard InChI is InChI=1S/C22H24N6.CH4O3S/c1-13(2)12-28-21-17(25-22(28)23)11-10-16(24-21)19-18(14-6-4-3-5-7-14)26-20(27-19)15-8-9-15;1-5(2,3)4/h3-7,10-11,13,15H,8-9,12H2,1-2H3,(H2,23,25)(H,26,27);1H3,(H,2,3,4). The largest absolute Gasteiger partial charge is 0.369 e. The van der Waals surface area contributed by atoms with Gasteiger partial charge in [-0.05, 0) is 30.9 Å². The Bertz CT molecular complexity index is 1360. The van der Waals surface area contributed by atoms with Crippen molar-refractivity contribution in [2.75, 3.05) is 12.0 Å². The predicted octanol–water partition coefficient (Wildman–Crippen LogP) is 4.11. The Morgan fingerprint density at radius 3 is 2.39 bits per heavy atom. The Labute approximate surface area is 192 Å². The van der Waals surface area contributed by atoms with Crippen molar-refractivity contribution in [3.63, 3.8) is 0 Å². The minimum Gasteiger partial charge on any atom is -0.369 e. The van der Waals surface area contributed by atoms with Crippen LogP contribution >= 0.6 is 0 Å². The minimum atomic E-state index is -3.67. The van der Waals surface area contributed by atoms with Crippen LogP contribution in [0.5, 0.6) is 0 Å². The van der Waals surface area contributed by atoms with Crippen LogP contribution in [0.2, 0.25) is 0 Å². The first-order chi connectivity index (χ1) is 15.6. The summed E-state index contributed by atoms with van der Waals surface area (Å²) < 4.78 is 27.9. The number of imidazole rings is 2. The first-order valence-electron chi connectivity index (χ1n) is 10.8. The molecule has 4 N–H and O–H groups in total. The highest BCUT2D eigenvalue weighted by atomic mass is 32.2. The van der Waals surface area contributed by atoms with Gasteiger partial charge in [-0.2, -0.15) is 8.42 Å². The van der Waals surface area contributed by atoms with Crippen LogP contribution in [-0.2, 0) is 16.7 Å². The molecule has 0 aliphatic heterocycles. The second-order valence-electron chi connectivity index (χ2n) is 8.73. The number of fused-ring (bicyclic) bond motifs is 1. The number of pyridine rings is 1. The number of nitrogens with zero attached hydrogens (tertiary/aromatic N) is 4. The Morgan fingerprint density at radius 2 is 1.79 bits per heavy atom. The first-order valence-corrected chi connectivity index (χ1v) is 12.7. The number of hydrogen-bond donors (Lipinski definition) is 3. The van der Waals surface area contributed by atoms with E-state index in [9.17, 15) is 8.42 Å². The van der Waals surface area contributed by atoms with Gasteiger partial charge in [0.1, 0.15) is 11.3 Å². The number of anilines is 1. The monoisotopic (exact) mass is 468 g/mol. The molecule has 1 fully saturated rings. The van der Waals surface area contributed by atoms with Crippen molar-refractivity contribution in [1.82, 2.24) is 24.5 Å². The van der Waals surface area contributed by atoms with Gasteiger partial charge < -0.3 is 10.7 Å². The summed E-state index contributed by atoms with van der Waals surface area (Å²) in [4.78, 5) is 17.9. The zero-order chi connectivity index (χ0) is 23.8. The SMILES string of the molecule is CC(C)Cn1c(N)nc2ccc(-c3[nH]c(C4CC4)nc3-c3ccccc3)nc21.CS(=O)(=O)O. The molecule has 33 heavy (non-hydrogen) atoms. The van der Waals surface area contributed by atoms with Gasteiger partial charge in [-0.1, -0.05) is 44.2 Å². The van der Waals surface area contributed by atoms with Gasteiger partial charge in [-0.3, -0.25) is 9.12 Å². The number of H-pyrrole nitrogens is 1. The summed E-state index contributed by atoms with van der Waals surface area (Å²) in [5, 5.41) is 0. The van der Waals surface area contributed by atoms with Gasteiger partial charge in [-0.15, -0.1) is 0 Å². The highest BCUT2D eigenvalue weighted by Crippen LogP contribution is 2.41. The van der Waals surface area contributed by atoms with Gasteiger partial charge >= 0.3 is 0 Å². The van der Waals surface area contributed by atoms with Crippen molar-refractivity contribution in [2.45, 2.75) is 39.2 Å². The van der Waals surface area contributed by atoms with Gasteiger partial charge in [0.15, 0.2) is 5.65 Å². The fourth-order valence-corrected chi connectivity index (χ4v) is 3.64. The summed E-state index contributed by atoms with van der Waals surface area (Å²) in [7, 11) is -3.67. The smallest absolute Gasteiger partial charge is 0.261 e. The lowest BCUT2D eigenvalue weighted by Gasteiger charge is -2.09. The summed E-state index contributed by atoms with van der Waals surface area (Å²) in [6.45, 7) is 5.12. The second kappa shape index (κ2) is 8.95. The van der Waals surface area contributed by atoms with E-state index in [0.29, 0.717) is 24.0 Å². The quantitative estimate of drug-likeness (QED) is 0.374. The Hall–Kier alpha value is -3.24. The Kier molecular flexibility index (Phi) is 6.22. The van der Waals surface area contributed by atoms with E-state index < -0.39 is 10.1 Å². The number of aromatic amines is 1. The van der Waals surface area contributed by atoms with Gasteiger partial charge in [0, 0.05) is 18.0 Å². The molecule has 0 unspecified atom stereocenters. The highest BCUT2D eigenvalue weighted by molar-refractivity contribution is 7.85. The molecule has 0 amide bonds. The highest BCUT2D eigenvalue weighted by Gasteiger charge is 2.29. The van der Waals surface area contributed by atoms with Crippen LogP contribution in [0.3, 0.4) is 0 Å². The maximum absolute atomic E-state index is 9.19. The molecule has 10 heteroatoms. The van der Waals surface area contributed by atoms with Crippen LogP contribution in [-0.4, -0.2) is 43.7 Å². The van der Waals surface area contributed by atoms with E-state index in [4.69, 9.17) is 20.3 Å². The number of aromatic nitrogens is 5. The molecule has 4 aromatic rings. The third kappa shape index (κ3) is 5.58. The van der Waals surface area contributed by atoms with Gasteiger partial charge in [0.2, 0.25) is 5.95 Å². The van der Waals surface area contributed by atoms with Crippen LogP contribution in [0.25, 0.3) is 33.8 Å². The molecule has 3 aromatic heterocycles. The lowest BCUT2D eigenvalue weighted by atomic mass is 10.1. The fraction of sp³-hybridized carbons (Fsp3) is 0.348. The topological polar surface area (TPSA) is 140 Å². The van der Waals surface area contributed by atoms with Gasteiger partial charge in [0.25, 0.3) is 10.1 Å². The maximum Gasteiger partial charge on any atom is 0.261 e. The molecule has 1 saturated carbocycles. The summed E-state index contributed by atoms with van der Waals surface area (Å²) in [6.07, 6.45) is 3.11. The van der Waals surface area contributed by atoms with Crippen molar-refractivity contribution < 1.29 is 13.0 Å². The van der Waals surface area contributed by atoms with E-state index in [0.717, 1.165) is 46.2 Å². The second-order valence-corrected chi connectivity index (χ2v) is 10.2. The maximum atomic E-state index is 9.19. The van der Waals surface area contributed by atoms with E-state index in [1.54, 1.807) is 0 Å². The van der Waals surface area contributed by atoms with E-state index in [2.05, 4.69) is 35.9 Å². The summed E-state index contributed by atoms with van der Waals surface area (Å²) in [5.74, 6) is 2.58. The molecule has 0 atom stereocenters. The fourth-order valence-electron chi connectivity index (χ4n) is 3.64. The lowest BCUT2D eigenvalue weighted by molar-refractivity contribution is 0.490. The zero-order valence-corrected chi connectivity index (χ0v) is 19.7. The van der Waals surface area contributed by atoms with Crippen LogP contribution < -0.4 is 5.73 Å². The molecule has 1 aromatic carbocycles. The molecule has 0 bridgehead atoms.